The monoisotopic (exact) mass is 254 g/mol. The summed E-state index contributed by atoms with van der Waals surface area (Å²) in [5, 5.41) is 12.7. The molecule has 2 atom stereocenters. The van der Waals surface area contributed by atoms with Crippen LogP contribution in [0.1, 0.15) is 51.9 Å². The van der Waals surface area contributed by atoms with Gasteiger partial charge in [0.25, 0.3) is 0 Å². The van der Waals surface area contributed by atoms with Crippen LogP contribution in [0.5, 0.6) is 0 Å². The van der Waals surface area contributed by atoms with Gasteiger partial charge in [-0.25, -0.2) is 0 Å². The minimum absolute atomic E-state index is 0.353. The minimum atomic E-state index is 0.353. The molecule has 1 aliphatic carbocycles. The summed E-state index contributed by atoms with van der Waals surface area (Å²) >= 11 is 0. The standard InChI is InChI=1S/C15H30N2O/c1-2-16-14-10-13(6-5-9-18)11-17(12-14)15-7-3-4-8-15/h13-16,18H,2-12H2,1H3. The molecule has 2 rings (SSSR count). The third-order valence-corrected chi connectivity index (χ3v) is 4.67. The molecule has 0 radical (unpaired) electrons. The Balaban J connectivity index is 1.87. The zero-order chi connectivity index (χ0) is 12.8. The van der Waals surface area contributed by atoms with E-state index in [-0.39, 0.29) is 0 Å². The summed E-state index contributed by atoms with van der Waals surface area (Å²) in [6.07, 6.45) is 9.14. The lowest BCUT2D eigenvalue weighted by molar-refractivity contribution is 0.0924. The van der Waals surface area contributed by atoms with Crippen molar-refractivity contribution in [2.24, 2.45) is 5.92 Å². The van der Waals surface area contributed by atoms with Crippen molar-refractivity contribution >= 4 is 0 Å². The lowest BCUT2D eigenvalue weighted by atomic mass is 9.89. The molecule has 1 saturated heterocycles. The van der Waals surface area contributed by atoms with Gasteiger partial charge in [-0.2, -0.15) is 0 Å². The quantitative estimate of drug-likeness (QED) is 0.761. The molecule has 1 aliphatic heterocycles. The molecule has 3 heteroatoms. The van der Waals surface area contributed by atoms with Gasteiger partial charge in [-0.15, -0.1) is 0 Å². The topological polar surface area (TPSA) is 35.5 Å². The first-order valence-corrected chi connectivity index (χ1v) is 7.91. The number of piperidine rings is 1. The second kappa shape index (κ2) is 7.46. The Kier molecular flexibility index (Phi) is 5.93. The predicted octanol–water partition coefficient (Wildman–Crippen LogP) is 2.00. The average Bonchev–Trinajstić information content (AvgIpc) is 2.90. The molecule has 0 amide bonds. The van der Waals surface area contributed by atoms with Gasteiger partial charge in [0.15, 0.2) is 0 Å². The summed E-state index contributed by atoms with van der Waals surface area (Å²) in [5.41, 5.74) is 0. The number of rotatable bonds is 6. The van der Waals surface area contributed by atoms with E-state index in [1.165, 1.54) is 51.6 Å². The van der Waals surface area contributed by atoms with Crippen molar-refractivity contribution in [3.63, 3.8) is 0 Å². The van der Waals surface area contributed by atoms with Gasteiger partial charge in [0, 0.05) is 31.8 Å². The van der Waals surface area contributed by atoms with Crippen molar-refractivity contribution in [3.8, 4) is 0 Å². The second-order valence-electron chi connectivity index (χ2n) is 6.11. The Morgan fingerprint density at radius 1 is 1.22 bits per heavy atom. The van der Waals surface area contributed by atoms with E-state index in [4.69, 9.17) is 5.11 Å². The highest BCUT2D eigenvalue weighted by Gasteiger charge is 2.31. The van der Waals surface area contributed by atoms with Crippen LogP contribution in [0, 0.1) is 5.92 Å². The van der Waals surface area contributed by atoms with E-state index in [1.54, 1.807) is 0 Å². The summed E-state index contributed by atoms with van der Waals surface area (Å²) in [5.74, 6) is 0.788. The fourth-order valence-corrected chi connectivity index (χ4v) is 3.83. The van der Waals surface area contributed by atoms with E-state index in [1.807, 2.05) is 0 Å². The fraction of sp³-hybridized carbons (Fsp3) is 1.00. The molecule has 2 N–H and O–H groups in total. The average molecular weight is 254 g/mol. The third kappa shape index (κ3) is 3.94. The number of hydrogen-bond acceptors (Lipinski definition) is 3. The molecule has 0 spiro atoms. The van der Waals surface area contributed by atoms with Gasteiger partial charge < -0.3 is 10.4 Å². The number of likely N-dealkylation sites (tertiary alicyclic amines) is 1. The smallest absolute Gasteiger partial charge is 0.0431 e. The van der Waals surface area contributed by atoms with Gasteiger partial charge in [-0.3, -0.25) is 4.90 Å². The summed E-state index contributed by atoms with van der Waals surface area (Å²) in [4.78, 5) is 2.74. The molecule has 2 aliphatic rings. The Hall–Kier alpha value is -0.120. The molecule has 1 heterocycles. The molecule has 0 aromatic rings. The number of hydrogen-bond donors (Lipinski definition) is 2. The van der Waals surface area contributed by atoms with Crippen molar-refractivity contribution in [1.82, 2.24) is 10.2 Å². The fourth-order valence-electron chi connectivity index (χ4n) is 3.83. The van der Waals surface area contributed by atoms with Crippen LogP contribution in [-0.4, -0.2) is 48.3 Å². The molecule has 18 heavy (non-hydrogen) atoms. The normalized spacial score (nSPS) is 31.0. The lowest BCUT2D eigenvalue weighted by Crippen LogP contribution is -2.52. The zero-order valence-electron chi connectivity index (χ0n) is 11.9. The van der Waals surface area contributed by atoms with Crippen LogP contribution in [0.15, 0.2) is 0 Å². The summed E-state index contributed by atoms with van der Waals surface area (Å²) < 4.78 is 0. The zero-order valence-corrected chi connectivity index (χ0v) is 11.9. The summed E-state index contributed by atoms with van der Waals surface area (Å²) in [6.45, 7) is 6.15. The molecule has 106 valence electrons. The lowest BCUT2D eigenvalue weighted by Gasteiger charge is -2.41. The van der Waals surface area contributed by atoms with Crippen LogP contribution in [0.2, 0.25) is 0 Å². The molecule has 3 nitrogen and oxygen atoms in total. The van der Waals surface area contributed by atoms with Gasteiger partial charge in [0.05, 0.1) is 0 Å². The SMILES string of the molecule is CCNC1CC(CCCO)CN(C2CCCC2)C1. The molecular weight excluding hydrogens is 224 g/mol. The van der Waals surface area contributed by atoms with E-state index < -0.39 is 0 Å². The molecular formula is C15H30N2O. The van der Waals surface area contributed by atoms with E-state index in [0.29, 0.717) is 12.6 Å². The van der Waals surface area contributed by atoms with E-state index >= 15 is 0 Å². The van der Waals surface area contributed by atoms with Crippen LogP contribution in [0.25, 0.3) is 0 Å². The first kappa shape index (κ1) is 14.3. The molecule has 0 aromatic carbocycles. The van der Waals surface area contributed by atoms with E-state index in [0.717, 1.165) is 24.9 Å². The number of aliphatic hydroxyl groups excluding tert-OH is 1. The summed E-state index contributed by atoms with van der Waals surface area (Å²) in [7, 11) is 0. The maximum Gasteiger partial charge on any atom is 0.0431 e. The Bertz CT molecular complexity index is 229. The summed E-state index contributed by atoms with van der Waals surface area (Å²) in [6, 6.07) is 1.52. The van der Waals surface area contributed by atoms with Crippen molar-refractivity contribution in [2.75, 3.05) is 26.2 Å². The van der Waals surface area contributed by atoms with Crippen LogP contribution in [-0.2, 0) is 0 Å². The highest BCUT2D eigenvalue weighted by molar-refractivity contribution is 4.88. The van der Waals surface area contributed by atoms with E-state index in [2.05, 4.69) is 17.1 Å². The predicted molar refractivity (Wildman–Crippen MR) is 75.7 cm³/mol. The van der Waals surface area contributed by atoms with Crippen LogP contribution in [0.4, 0.5) is 0 Å². The molecule has 2 unspecified atom stereocenters. The first-order valence-electron chi connectivity index (χ1n) is 7.91. The van der Waals surface area contributed by atoms with Crippen LogP contribution < -0.4 is 5.32 Å². The van der Waals surface area contributed by atoms with Crippen molar-refractivity contribution in [3.05, 3.63) is 0 Å². The number of nitrogens with zero attached hydrogens (tertiary/aromatic N) is 1. The van der Waals surface area contributed by atoms with Crippen LogP contribution >= 0.6 is 0 Å². The molecule has 0 aromatic heterocycles. The van der Waals surface area contributed by atoms with E-state index in [9.17, 15) is 0 Å². The van der Waals surface area contributed by atoms with Crippen molar-refractivity contribution in [2.45, 2.75) is 64.0 Å². The van der Waals surface area contributed by atoms with Gasteiger partial charge in [0.2, 0.25) is 0 Å². The van der Waals surface area contributed by atoms with Crippen molar-refractivity contribution < 1.29 is 5.11 Å². The van der Waals surface area contributed by atoms with Crippen molar-refractivity contribution in [1.29, 1.82) is 0 Å². The van der Waals surface area contributed by atoms with Gasteiger partial charge >= 0.3 is 0 Å². The van der Waals surface area contributed by atoms with Gasteiger partial charge in [-0.05, 0) is 44.6 Å². The number of aliphatic hydroxyl groups is 1. The van der Waals surface area contributed by atoms with Crippen LogP contribution in [0.3, 0.4) is 0 Å². The largest absolute Gasteiger partial charge is 0.396 e. The number of likely N-dealkylation sites (N-methyl/N-ethyl adjacent to an activating group) is 1. The molecule has 0 bridgehead atoms. The molecule has 2 fully saturated rings. The maximum atomic E-state index is 9.01. The highest BCUT2D eigenvalue weighted by atomic mass is 16.2. The maximum absolute atomic E-state index is 9.01. The first-order chi connectivity index (χ1) is 8.83. The Labute approximate surface area is 112 Å². The molecule has 1 saturated carbocycles. The Morgan fingerprint density at radius 3 is 2.67 bits per heavy atom. The number of nitrogens with one attached hydrogen (secondary N) is 1. The Morgan fingerprint density at radius 2 is 2.00 bits per heavy atom. The van der Waals surface area contributed by atoms with Gasteiger partial charge in [-0.1, -0.05) is 19.8 Å². The van der Waals surface area contributed by atoms with Gasteiger partial charge in [0.1, 0.15) is 0 Å². The minimum Gasteiger partial charge on any atom is -0.396 e. The highest BCUT2D eigenvalue weighted by Crippen LogP contribution is 2.29. The third-order valence-electron chi connectivity index (χ3n) is 4.67. The second-order valence-corrected chi connectivity index (χ2v) is 6.11.